The Morgan fingerprint density at radius 3 is 2.35 bits per heavy atom. The summed E-state index contributed by atoms with van der Waals surface area (Å²) in [6.07, 6.45) is 0. The number of carbonyl (C=O) groups is 2. The number of halogens is 1. The molecule has 0 heterocycles. The molecule has 0 saturated carbocycles. The van der Waals surface area contributed by atoms with Crippen molar-refractivity contribution in [3.8, 4) is 0 Å². The van der Waals surface area contributed by atoms with E-state index in [9.17, 15) is 14.0 Å². The second kappa shape index (κ2) is 7.62. The molecule has 0 fully saturated rings. The van der Waals surface area contributed by atoms with Gasteiger partial charge in [-0.3, -0.25) is 9.59 Å². The van der Waals surface area contributed by atoms with Gasteiger partial charge in [-0.25, -0.2) is 4.39 Å². The van der Waals surface area contributed by atoms with E-state index in [1.165, 1.54) is 31.2 Å². The van der Waals surface area contributed by atoms with Crippen molar-refractivity contribution < 1.29 is 14.0 Å². The van der Waals surface area contributed by atoms with Crippen LogP contribution in [0.2, 0.25) is 0 Å². The minimum absolute atomic E-state index is 0.00488. The predicted molar refractivity (Wildman–Crippen MR) is 75.8 cm³/mol. The van der Waals surface area contributed by atoms with Gasteiger partial charge in [0.25, 0.3) is 5.91 Å². The summed E-state index contributed by atoms with van der Waals surface area (Å²) in [5, 5.41) is 2.72. The number of hydrogen-bond donors (Lipinski definition) is 1. The number of nitrogens with one attached hydrogen (secondary N) is 1. The molecule has 110 valence electrons. The molecule has 0 atom stereocenters. The van der Waals surface area contributed by atoms with Crippen molar-refractivity contribution in [1.29, 1.82) is 0 Å². The molecule has 0 unspecified atom stereocenters. The second-order valence-corrected chi connectivity index (χ2v) is 5.12. The second-order valence-electron chi connectivity index (χ2n) is 5.12. The first-order valence-electron chi connectivity index (χ1n) is 6.69. The number of hydrogen-bond acceptors (Lipinski definition) is 2. The standard InChI is InChI=1S/C15H21FN2O2/c1-11(2)10-18(12(3)19)9-8-17-15(20)13-4-6-14(16)7-5-13/h4-7,11H,8-10H2,1-3H3,(H,17,20). The summed E-state index contributed by atoms with van der Waals surface area (Å²) in [6.45, 7) is 7.11. The van der Waals surface area contributed by atoms with Gasteiger partial charge in [0.05, 0.1) is 0 Å². The molecule has 0 aliphatic rings. The van der Waals surface area contributed by atoms with E-state index in [2.05, 4.69) is 5.32 Å². The van der Waals surface area contributed by atoms with Crippen LogP contribution in [0.15, 0.2) is 24.3 Å². The first-order chi connectivity index (χ1) is 9.40. The van der Waals surface area contributed by atoms with Crippen LogP contribution in [0, 0.1) is 11.7 Å². The van der Waals surface area contributed by atoms with E-state index in [1.54, 1.807) is 4.90 Å². The van der Waals surface area contributed by atoms with Gasteiger partial charge >= 0.3 is 0 Å². The summed E-state index contributed by atoms with van der Waals surface area (Å²) in [6, 6.07) is 5.36. The van der Waals surface area contributed by atoms with E-state index in [0.717, 1.165) is 0 Å². The molecule has 4 nitrogen and oxygen atoms in total. The topological polar surface area (TPSA) is 49.4 Å². The molecule has 5 heteroatoms. The highest BCUT2D eigenvalue weighted by molar-refractivity contribution is 5.94. The number of amides is 2. The Kier molecular flexibility index (Phi) is 6.15. The maximum Gasteiger partial charge on any atom is 0.251 e. The zero-order valence-electron chi connectivity index (χ0n) is 12.1. The number of rotatable bonds is 6. The van der Waals surface area contributed by atoms with E-state index in [-0.39, 0.29) is 17.6 Å². The van der Waals surface area contributed by atoms with E-state index in [1.807, 2.05) is 13.8 Å². The highest BCUT2D eigenvalue weighted by Crippen LogP contribution is 2.02. The molecule has 1 aromatic carbocycles. The monoisotopic (exact) mass is 280 g/mol. The molecule has 0 saturated heterocycles. The summed E-state index contributed by atoms with van der Waals surface area (Å²) in [4.78, 5) is 24.9. The van der Waals surface area contributed by atoms with Crippen molar-refractivity contribution in [2.24, 2.45) is 5.92 Å². The molecule has 1 N–H and O–H groups in total. The van der Waals surface area contributed by atoms with Gasteiger partial charge < -0.3 is 10.2 Å². The smallest absolute Gasteiger partial charge is 0.251 e. The van der Waals surface area contributed by atoms with Gasteiger partial charge in [0, 0.05) is 32.1 Å². The molecule has 0 aliphatic heterocycles. The van der Waals surface area contributed by atoms with Crippen molar-refractivity contribution in [1.82, 2.24) is 10.2 Å². The predicted octanol–water partition coefficient (Wildman–Crippen LogP) is 2.06. The molecule has 1 rings (SSSR count). The van der Waals surface area contributed by atoms with E-state index >= 15 is 0 Å². The van der Waals surface area contributed by atoms with E-state index in [0.29, 0.717) is 31.1 Å². The quantitative estimate of drug-likeness (QED) is 0.867. The van der Waals surface area contributed by atoms with Crippen LogP contribution < -0.4 is 5.32 Å². The third-order valence-corrected chi connectivity index (χ3v) is 2.80. The Labute approximate surface area is 119 Å². The summed E-state index contributed by atoms with van der Waals surface area (Å²) >= 11 is 0. The molecule has 2 amide bonds. The van der Waals surface area contributed by atoms with E-state index < -0.39 is 0 Å². The van der Waals surface area contributed by atoms with Gasteiger partial charge in [-0.2, -0.15) is 0 Å². The average molecular weight is 280 g/mol. The molecule has 0 bridgehead atoms. The third-order valence-electron chi connectivity index (χ3n) is 2.80. The van der Waals surface area contributed by atoms with Gasteiger partial charge in [-0.15, -0.1) is 0 Å². The summed E-state index contributed by atoms with van der Waals surface area (Å²) in [5.41, 5.74) is 0.407. The lowest BCUT2D eigenvalue weighted by atomic mass is 10.2. The zero-order chi connectivity index (χ0) is 15.1. The molecule has 0 radical (unpaired) electrons. The Balaban J connectivity index is 2.44. The number of nitrogens with zero attached hydrogens (tertiary/aromatic N) is 1. The van der Waals surface area contributed by atoms with Crippen molar-refractivity contribution in [3.05, 3.63) is 35.6 Å². The third kappa shape index (κ3) is 5.38. The molecule has 0 aliphatic carbocycles. The molecule has 20 heavy (non-hydrogen) atoms. The van der Waals surface area contributed by atoms with Crippen molar-refractivity contribution >= 4 is 11.8 Å². The number of benzene rings is 1. The SMILES string of the molecule is CC(=O)N(CCNC(=O)c1ccc(F)cc1)CC(C)C. The Bertz CT molecular complexity index is 457. The highest BCUT2D eigenvalue weighted by Gasteiger charge is 2.11. The minimum Gasteiger partial charge on any atom is -0.350 e. The van der Waals surface area contributed by atoms with Crippen molar-refractivity contribution in [2.45, 2.75) is 20.8 Å². The van der Waals surface area contributed by atoms with Crippen LogP contribution in [-0.2, 0) is 4.79 Å². The van der Waals surface area contributed by atoms with Crippen LogP contribution >= 0.6 is 0 Å². The Hall–Kier alpha value is -1.91. The fourth-order valence-corrected chi connectivity index (χ4v) is 1.83. The van der Waals surface area contributed by atoms with Crippen molar-refractivity contribution in [2.75, 3.05) is 19.6 Å². The van der Waals surface area contributed by atoms with Gasteiger partial charge in [0.15, 0.2) is 0 Å². The van der Waals surface area contributed by atoms with Crippen LogP contribution in [-0.4, -0.2) is 36.3 Å². The van der Waals surface area contributed by atoms with Crippen LogP contribution in [0.1, 0.15) is 31.1 Å². The first-order valence-corrected chi connectivity index (χ1v) is 6.69. The summed E-state index contributed by atoms with van der Waals surface area (Å²) < 4.78 is 12.7. The Morgan fingerprint density at radius 1 is 1.25 bits per heavy atom. The molecule has 1 aromatic rings. The number of carbonyl (C=O) groups excluding carboxylic acids is 2. The minimum atomic E-state index is -0.374. The van der Waals surface area contributed by atoms with Crippen LogP contribution in [0.25, 0.3) is 0 Å². The largest absolute Gasteiger partial charge is 0.350 e. The summed E-state index contributed by atoms with van der Waals surface area (Å²) in [7, 11) is 0. The summed E-state index contributed by atoms with van der Waals surface area (Å²) in [5.74, 6) is -0.263. The van der Waals surface area contributed by atoms with Gasteiger partial charge in [0.1, 0.15) is 5.82 Å². The molecular weight excluding hydrogens is 259 g/mol. The molecule has 0 spiro atoms. The lowest BCUT2D eigenvalue weighted by Crippen LogP contribution is -2.39. The van der Waals surface area contributed by atoms with Crippen LogP contribution in [0.5, 0.6) is 0 Å². The first kappa shape index (κ1) is 16.1. The maximum atomic E-state index is 12.7. The maximum absolute atomic E-state index is 12.7. The lowest BCUT2D eigenvalue weighted by molar-refractivity contribution is -0.129. The fourth-order valence-electron chi connectivity index (χ4n) is 1.83. The van der Waals surface area contributed by atoms with Gasteiger partial charge in [-0.1, -0.05) is 13.8 Å². The highest BCUT2D eigenvalue weighted by atomic mass is 19.1. The van der Waals surface area contributed by atoms with Gasteiger partial charge in [0.2, 0.25) is 5.91 Å². The van der Waals surface area contributed by atoms with E-state index in [4.69, 9.17) is 0 Å². The fraction of sp³-hybridized carbons (Fsp3) is 0.467. The van der Waals surface area contributed by atoms with Crippen LogP contribution in [0.3, 0.4) is 0 Å². The molecule has 0 aromatic heterocycles. The Morgan fingerprint density at radius 2 is 1.85 bits per heavy atom. The van der Waals surface area contributed by atoms with Crippen LogP contribution in [0.4, 0.5) is 4.39 Å². The van der Waals surface area contributed by atoms with Crippen molar-refractivity contribution in [3.63, 3.8) is 0 Å². The molecular formula is C15H21FN2O2. The zero-order valence-corrected chi connectivity index (χ0v) is 12.1. The van der Waals surface area contributed by atoms with Gasteiger partial charge in [-0.05, 0) is 30.2 Å². The average Bonchev–Trinajstić information content (AvgIpc) is 2.37. The normalized spacial score (nSPS) is 10.4. The lowest BCUT2D eigenvalue weighted by Gasteiger charge is -2.23.